The van der Waals surface area contributed by atoms with Gasteiger partial charge in [0.05, 0.1) is 10.4 Å². The molecule has 0 radical (unpaired) electrons. The Labute approximate surface area is 183 Å². The summed E-state index contributed by atoms with van der Waals surface area (Å²) in [6.07, 6.45) is 1.71. The van der Waals surface area contributed by atoms with E-state index in [1.54, 1.807) is 19.2 Å². The number of sulfonamides is 1. The van der Waals surface area contributed by atoms with Crippen LogP contribution in [0.5, 0.6) is 0 Å². The molecule has 0 aliphatic rings. The van der Waals surface area contributed by atoms with Crippen LogP contribution < -0.4 is 21.1 Å². The van der Waals surface area contributed by atoms with Crippen LogP contribution in [0.1, 0.15) is 11.4 Å². The van der Waals surface area contributed by atoms with Gasteiger partial charge in [-0.2, -0.15) is 0 Å². The maximum atomic E-state index is 12.5. The fourth-order valence-corrected chi connectivity index (χ4v) is 4.07. The maximum Gasteiger partial charge on any atom is 0.417 e. The van der Waals surface area contributed by atoms with Crippen molar-refractivity contribution in [3.05, 3.63) is 64.5 Å². The third-order valence-corrected chi connectivity index (χ3v) is 5.89. The Balaban J connectivity index is 1.37. The summed E-state index contributed by atoms with van der Waals surface area (Å²) in [6, 6.07) is 9.67. The first kappa shape index (κ1) is 21.5. The largest absolute Gasteiger partial charge is 0.417 e. The van der Waals surface area contributed by atoms with E-state index in [9.17, 15) is 13.2 Å². The Morgan fingerprint density at radius 1 is 1.00 bits per heavy atom. The topological polar surface area (TPSA) is 155 Å². The highest BCUT2D eigenvalue weighted by atomic mass is 32.2. The van der Waals surface area contributed by atoms with Crippen molar-refractivity contribution >= 4 is 38.6 Å². The van der Waals surface area contributed by atoms with Crippen LogP contribution in [0.25, 0.3) is 11.1 Å². The Morgan fingerprint density at radius 2 is 1.81 bits per heavy atom. The fraction of sp³-hybridized carbons (Fsp3) is 0.200. The number of H-pyrrole nitrogens is 1. The monoisotopic (exact) mass is 455 g/mol. The van der Waals surface area contributed by atoms with Gasteiger partial charge in [-0.25, -0.2) is 32.9 Å². The molecule has 0 saturated heterocycles. The fourth-order valence-electron chi connectivity index (χ4n) is 3.02. The second-order valence-corrected chi connectivity index (χ2v) is 8.79. The van der Waals surface area contributed by atoms with Crippen LogP contribution in [0.3, 0.4) is 0 Å². The van der Waals surface area contributed by atoms with Crippen molar-refractivity contribution in [2.75, 3.05) is 23.7 Å². The van der Waals surface area contributed by atoms with Crippen molar-refractivity contribution in [3.63, 3.8) is 0 Å². The smallest absolute Gasteiger partial charge is 0.408 e. The summed E-state index contributed by atoms with van der Waals surface area (Å²) in [5, 5.41) is 6.21. The van der Waals surface area contributed by atoms with E-state index in [1.165, 1.54) is 18.2 Å². The lowest BCUT2D eigenvalue weighted by Gasteiger charge is -2.11. The van der Waals surface area contributed by atoms with Gasteiger partial charge in [0.15, 0.2) is 5.58 Å². The molecule has 4 N–H and O–H groups in total. The van der Waals surface area contributed by atoms with E-state index in [1.807, 2.05) is 19.1 Å². The minimum Gasteiger partial charge on any atom is -0.408 e. The Morgan fingerprint density at radius 3 is 2.62 bits per heavy atom. The first-order valence-corrected chi connectivity index (χ1v) is 11.2. The molecular formula is C20H21N7O4S. The number of hydrogen-bond donors (Lipinski definition) is 4. The maximum absolute atomic E-state index is 12.5. The van der Waals surface area contributed by atoms with E-state index in [4.69, 9.17) is 4.42 Å². The molecule has 3 heterocycles. The van der Waals surface area contributed by atoms with Crippen molar-refractivity contribution in [1.29, 1.82) is 0 Å². The molecule has 0 unspecified atom stereocenters. The zero-order valence-corrected chi connectivity index (χ0v) is 18.2. The van der Waals surface area contributed by atoms with Crippen LogP contribution in [0.4, 0.5) is 17.5 Å². The summed E-state index contributed by atoms with van der Waals surface area (Å²) in [4.78, 5) is 26.6. The van der Waals surface area contributed by atoms with Gasteiger partial charge in [-0.15, -0.1) is 0 Å². The molecule has 166 valence electrons. The quantitative estimate of drug-likeness (QED) is 0.292. The zero-order chi connectivity index (χ0) is 22.7. The minimum atomic E-state index is -3.77. The molecule has 11 nitrogen and oxygen atoms in total. The number of aromatic amines is 1. The van der Waals surface area contributed by atoms with Gasteiger partial charge >= 0.3 is 5.76 Å². The van der Waals surface area contributed by atoms with Crippen LogP contribution in [-0.4, -0.2) is 41.4 Å². The van der Waals surface area contributed by atoms with Crippen molar-refractivity contribution < 1.29 is 12.8 Å². The number of aryl methyl sites for hydroxylation is 2. The first-order chi connectivity index (χ1) is 15.3. The average Bonchev–Trinajstić information content (AvgIpc) is 3.10. The Bertz CT molecular complexity index is 1430. The van der Waals surface area contributed by atoms with E-state index in [2.05, 4.69) is 35.3 Å². The molecule has 0 atom stereocenters. The number of anilines is 3. The summed E-state index contributed by atoms with van der Waals surface area (Å²) in [6.45, 7) is 4.15. The van der Waals surface area contributed by atoms with Crippen LogP contribution in [0.15, 0.2) is 56.7 Å². The number of rotatable bonds is 8. The van der Waals surface area contributed by atoms with E-state index in [0.29, 0.717) is 40.9 Å². The molecule has 0 amide bonds. The van der Waals surface area contributed by atoms with E-state index < -0.39 is 15.8 Å². The number of benzene rings is 1. The third kappa shape index (κ3) is 5.10. The van der Waals surface area contributed by atoms with Crippen molar-refractivity contribution in [3.8, 4) is 0 Å². The lowest BCUT2D eigenvalue weighted by atomic mass is 10.3. The van der Waals surface area contributed by atoms with Gasteiger partial charge in [-0.3, -0.25) is 4.98 Å². The number of fused-ring (bicyclic) bond motifs is 1. The molecule has 4 aromatic rings. The van der Waals surface area contributed by atoms with Gasteiger partial charge in [0.1, 0.15) is 23.3 Å². The summed E-state index contributed by atoms with van der Waals surface area (Å²) in [5.74, 6) is 1.69. The molecule has 0 fully saturated rings. The zero-order valence-electron chi connectivity index (χ0n) is 17.3. The van der Waals surface area contributed by atoms with Gasteiger partial charge in [0.2, 0.25) is 10.0 Å². The number of nitrogens with one attached hydrogen (secondary N) is 4. The standard InChI is InChI=1S/C20H21N7O4S/c1-12-5-6-21-17(9-12)27-19-11-18(24-13(2)25-19)22-7-8-23-32(29,30)14-3-4-16-15(10-14)26-20(28)31-16/h3-6,9-11,23H,7-8H2,1-2H3,(H,26,28)(H2,21,22,24,25,27). The highest BCUT2D eigenvalue weighted by Gasteiger charge is 2.15. The van der Waals surface area contributed by atoms with Crippen LogP contribution in [-0.2, 0) is 10.0 Å². The number of hydrogen-bond acceptors (Lipinski definition) is 9. The molecule has 4 rings (SSSR count). The Hall–Kier alpha value is -3.77. The molecular weight excluding hydrogens is 434 g/mol. The Kier molecular flexibility index (Phi) is 5.88. The van der Waals surface area contributed by atoms with E-state index in [0.717, 1.165) is 5.56 Å². The highest BCUT2D eigenvalue weighted by Crippen LogP contribution is 2.17. The lowest BCUT2D eigenvalue weighted by Crippen LogP contribution is -2.29. The van der Waals surface area contributed by atoms with E-state index in [-0.39, 0.29) is 11.4 Å². The summed E-state index contributed by atoms with van der Waals surface area (Å²) < 4.78 is 32.5. The lowest BCUT2D eigenvalue weighted by molar-refractivity contribution is 0.555. The van der Waals surface area contributed by atoms with Gasteiger partial charge in [-0.1, -0.05) is 0 Å². The number of oxazole rings is 1. The highest BCUT2D eigenvalue weighted by molar-refractivity contribution is 7.89. The number of aromatic nitrogens is 4. The van der Waals surface area contributed by atoms with Gasteiger partial charge in [-0.05, 0) is 49.7 Å². The summed E-state index contributed by atoms with van der Waals surface area (Å²) in [7, 11) is -3.77. The average molecular weight is 456 g/mol. The molecule has 1 aromatic carbocycles. The van der Waals surface area contributed by atoms with Crippen LogP contribution >= 0.6 is 0 Å². The molecule has 0 aliphatic heterocycles. The van der Waals surface area contributed by atoms with Gasteiger partial charge in [0, 0.05) is 25.4 Å². The molecule has 0 saturated carbocycles. The summed E-state index contributed by atoms with van der Waals surface area (Å²) in [5.41, 5.74) is 1.67. The SMILES string of the molecule is Cc1ccnc(Nc2cc(NCCNS(=O)(=O)c3ccc4oc(=O)[nH]c4c3)nc(C)n2)c1. The number of nitrogens with zero attached hydrogens (tertiary/aromatic N) is 3. The van der Waals surface area contributed by atoms with Crippen LogP contribution in [0.2, 0.25) is 0 Å². The minimum absolute atomic E-state index is 0.0251. The van der Waals surface area contributed by atoms with Crippen molar-refractivity contribution in [2.24, 2.45) is 0 Å². The molecule has 0 spiro atoms. The predicted molar refractivity (Wildman–Crippen MR) is 120 cm³/mol. The normalized spacial score (nSPS) is 11.6. The number of pyridine rings is 1. The van der Waals surface area contributed by atoms with Crippen LogP contribution in [0, 0.1) is 13.8 Å². The predicted octanol–water partition coefficient (Wildman–Crippen LogP) is 2.06. The van der Waals surface area contributed by atoms with Gasteiger partial charge in [0.25, 0.3) is 0 Å². The summed E-state index contributed by atoms with van der Waals surface area (Å²) >= 11 is 0. The molecule has 32 heavy (non-hydrogen) atoms. The second kappa shape index (κ2) is 8.77. The van der Waals surface area contributed by atoms with Crippen molar-refractivity contribution in [1.82, 2.24) is 24.7 Å². The first-order valence-electron chi connectivity index (χ1n) is 9.70. The molecule has 3 aromatic heterocycles. The molecule has 0 aliphatic carbocycles. The van der Waals surface area contributed by atoms with Gasteiger partial charge < -0.3 is 15.1 Å². The second-order valence-electron chi connectivity index (χ2n) is 7.03. The van der Waals surface area contributed by atoms with Crippen molar-refractivity contribution in [2.45, 2.75) is 18.7 Å². The molecule has 0 bridgehead atoms. The van der Waals surface area contributed by atoms with E-state index >= 15 is 0 Å². The third-order valence-electron chi connectivity index (χ3n) is 4.43. The molecule has 12 heteroatoms.